The molecule has 2 aliphatic rings. The van der Waals surface area contributed by atoms with Gasteiger partial charge in [0.15, 0.2) is 5.96 Å². The average molecular weight is 511 g/mol. The van der Waals surface area contributed by atoms with Crippen molar-refractivity contribution in [2.24, 2.45) is 22.7 Å². The van der Waals surface area contributed by atoms with Gasteiger partial charge in [0.2, 0.25) is 0 Å². The lowest BCUT2D eigenvalue weighted by molar-refractivity contribution is 0.0203. The molecule has 2 aliphatic heterocycles. The van der Waals surface area contributed by atoms with E-state index in [9.17, 15) is 0 Å². The Balaban J connectivity index is 0.00000392. The molecule has 2 saturated heterocycles. The first-order valence-corrected chi connectivity index (χ1v) is 11.0. The Hall–Kier alpha value is -0.120. The van der Waals surface area contributed by atoms with Crippen molar-refractivity contribution < 1.29 is 9.47 Å². The molecule has 28 heavy (non-hydrogen) atoms. The Morgan fingerprint density at radius 3 is 2.68 bits per heavy atom. The van der Waals surface area contributed by atoms with E-state index in [4.69, 9.17) is 9.47 Å². The van der Waals surface area contributed by atoms with E-state index in [0.29, 0.717) is 5.92 Å². The Kier molecular flexibility index (Phi) is 14.5. The fourth-order valence-corrected chi connectivity index (χ4v) is 4.01. The topological polar surface area (TPSA) is 58.1 Å². The van der Waals surface area contributed by atoms with Crippen molar-refractivity contribution in [1.82, 2.24) is 15.5 Å². The first kappa shape index (κ1) is 25.9. The fraction of sp³-hybridized carbons (Fsp3) is 0.952. The third kappa shape index (κ3) is 11.2. The van der Waals surface area contributed by atoms with Gasteiger partial charge in [-0.3, -0.25) is 4.99 Å². The van der Waals surface area contributed by atoms with Crippen molar-refractivity contribution >= 4 is 29.9 Å². The molecule has 0 spiro atoms. The predicted octanol–water partition coefficient (Wildman–Crippen LogP) is 2.97. The van der Waals surface area contributed by atoms with Crippen LogP contribution in [-0.2, 0) is 9.47 Å². The largest absolute Gasteiger partial charge is 0.381 e. The first-order chi connectivity index (χ1) is 13.2. The van der Waals surface area contributed by atoms with E-state index in [1.807, 2.05) is 7.05 Å². The van der Waals surface area contributed by atoms with Crippen LogP contribution < -0.4 is 10.6 Å². The molecule has 2 heterocycles. The van der Waals surface area contributed by atoms with Gasteiger partial charge in [0.25, 0.3) is 0 Å². The fourth-order valence-electron chi connectivity index (χ4n) is 4.01. The summed E-state index contributed by atoms with van der Waals surface area (Å²) in [6.45, 7) is 13.7. The normalized spacial score (nSPS) is 22.1. The van der Waals surface area contributed by atoms with Crippen LogP contribution in [0.1, 0.15) is 46.0 Å². The highest BCUT2D eigenvalue weighted by atomic mass is 127. The molecule has 0 aromatic carbocycles. The molecule has 166 valence electrons. The smallest absolute Gasteiger partial charge is 0.190 e. The van der Waals surface area contributed by atoms with Gasteiger partial charge in [0, 0.05) is 59.7 Å². The third-order valence-electron chi connectivity index (χ3n) is 5.46. The number of rotatable bonds is 10. The number of piperidine rings is 1. The zero-order valence-corrected chi connectivity index (χ0v) is 20.6. The molecule has 7 heteroatoms. The van der Waals surface area contributed by atoms with Crippen molar-refractivity contribution in [2.45, 2.75) is 46.0 Å². The number of ether oxygens (including phenoxy) is 2. The van der Waals surface area contributed by atoms with Crippen LogP contribution in [0.15, 0.2) is 4.99 Å². The lowest BCUT2D eigenvalue weighted by atomic mass is 9.97. The van der Waals surface area contributed by atoms with Crippen LogP contribution in [0.25, 0.3) is 0 Å². The summed E-state index contributed by atoms with van der Waals surface area (Å²) in [6.07, 6.45) is 5.93. The predicted molar refractivity (Wildman–Crippen MR) is 128 cm³/mol. The van der Waals surface area contributed by atoms with Gasteiger partial charge in [-0.2, -0.15) is 0 Å². The standard InChI is InChI=1S/C21H42N4O2.HI/c1-18(2)15-25-10-4-6-20(16-25)14-24-21(22-3)23-9-5-11-27-17-19-7-12-26-13-8-19;/h18-20H,4-17H2,1-3H3,(H2,22,23,24);1H. The molecule has 2 rings (SSSR count). The van der Waals surface area contributed by atoms with Crippen molar-refractivity contribution in [3.8, 4) is 0 Å². The lowest BCUT2D eigenvalue weighted by Gasteiger charge is -2.34. The van der Waals surface area contributed by atoms with E-state index < -0.39 is 0 Å². The number of likely N-dealkylation sites (tertiary alicyclic amines) is 1. The van der Waals surface area contributed by atoms with Crippen molar-refractivity contribution in [1.29, 1.82) is 0 Å². The number of nitrogens with one attached hydrogen (secondary N) is 2. The monoisotopic (exact) mass is 510 g/mol. The number of aliphatic imine (C=N–C) groups is 1. The van der Waals surface area contributed by atoms with Gasteiger partial charge in [-0.1, -0.05) is 13.8 Å². The molecule has 0 aromatic heterocycles. The Morgan fingerprint density at radius 1 is 1.18 bits per heavy atom. The minimum absolute atomic E-state index is 0. The molecule has 0 aliphatic carbocycles. The van der Waals surface area contributed by atoms with Crippen molar-refractivity contribution in [3.63, 3.8) is 0 Å². The van der Waals surface area contributed by atoms with E-state index in [0.717, 1.165) is 76.6 Å². The Morgan fingerprint density at radius 2 is 1.96 bits per heavy atom. The van der Waals surface area contributed by atoms with Gasteiger partial charge in [-0.15, -0.1) is 24.0 Å². The highest BCUT2D eigenvalue weighted by Crippen LogP contribution is 2.17. The molecule has 0 saturated carbocycles. The van der Waals surface area contributed by atoms with Gasteiger partial charge in [0.05, 0.1) is 0 Å². The molecule has 2 N–H and O–H groups in total. The summed E-state index contributed by atoms with van der Waals surface area (Å²) in [4.78, 5) is 6.97. The zero-order valence-electron chi connectivity index (χ0n) is 18.3. The van der Waals surface area contributed by atoms with Gasteiger partial charge in [0.1, 0.15) is 0 Å². The van der Waals surface area contributed by atoms with Crippen LogP contribution in [0.3, 0.4) is 0 Å². The first-order valence-electron chi connectivity index (χ1n) is 11.0. The number of hydrogen-bond acceptors (Lipinski definition) is 4. The summed E-state index contributed by atoms with van der Waals surface area (Å²) in [5, 5.41) is 6.93. The second-order valence-corrected chi connectivity index (χ2v) is 8.53. The Bertz CT molecular complexity index is 417. The molecule has 6 nitrogen and oxygen atoms in total. The highest BCUT2D eigenvalue weighted by Gasteiger charge is 2.20. The summed E-state index contributed by atoms with van der Waals surface area (Å²) in [6, 6.07) is 0. The summed E-state index contributed by atoms with van der Waals surface area (Å²) in [5.74, 6) is 3.07. The van der Waals surface area contributed by atoms with Gasteiger partial charge in [-0.25, -0.2) is 0 Å². The second-order valence-electron chi connectivity index (χ2n) is 8.53. The van der Waals surface area contributed by atoms with Crippen LogP contribution in [-0.4, -0.2) is 77.1 Å². The molecule has 2 fully saturated rings. The quantitative estimate of drug-likeness (QED) is 0.205. The molecular weight excluding hydrogens is 467 g/mol. The van der Waals surface area contributed by atoms with E-state index >= 15 is 0 Å². The van der Waals surface area contributed by atoms with E-state index in [2.05, 4.69) is 34.4 Å². The van der Waals surface area contributed by atoms with Crippen LogP contribution in [0.2, 0.25) is 0 Å². The summed E-state index contributed by atoms with van der Waals surface area (Å²) in [7, 11) is 1.85. The van der Waals surface area contributed by atoms with E-state index in [1.54, 1.807) is 0 Å². The molecule has 0 bridgehead atoms. The number of guanidine groups is 1. The highest BCUT2D eigenvalue weighted by molar-refractivity contribution is 14.0. The summed E-state index contributed by atoms with van der Waals surface area (Å²) < 4.78 is 11.2. The van der Waals surface area contributed by atoms with Gasteiger partial charge in [-0.05, 0) is 56.4 Å². The minimum Gasteiger partial charge on any atom is -0.381 e. The van der Waals surface area contributed by atoms with E-state index in [1.165, 1.54) is 32.5 Å². The van der Waals surface area contributed by atoms with Crippen LogP contribution in [0.5, 0.6) is 0 Å². The molecular formula is C21H43IN4O2. The second kappa shape index (κ2) is 15.7. The molecule has 0 radical (unpaired) electrons. The molecule has 0 amide bonds. The van der Waals surface area contributed by atoms with E-state index in [-0.39, 0.29) is 24.0 Å². The van der Waals surface area contributed by atoms with Crippen LogP contribution in [0, 0.1) is 17.8 Å². The number of halogens is 1. The van der Waals surface area contributed by atoms with Crippen molar-refractivity contribution in [3.05, 3.63) is 0 Å². The van der Waals surface area contributed by atoms with Gasteiger partial charge >= 0.3 is 0 Å². The molecule has 0 aromatic rings. The van der Waals surface area contributed by atoms with Crippen LogP contribution in [0.4, 0.5) is 0 Å². The zero-order chi connectivity index (χ0) is 19.3. The summed E-state index contributed by atoms with van der Waals surface area (Å²) >= 11 is 0. The molecule has 1 atom stereocenters. The SMILES string of the molecule is CN=C(NCCCOCC1CCOCC1)NCC1CCCN(CC(C)C)C1.I. The minimum atomic E-state index is 0. The maximum absolute atomic E-state index is 5.83. The maximum atomic E-state index is 5.83. The molecule has 1 unspecified atom stereocenters. The van der Waals surface area contributed by atoms with Gasteiger partial charge < -0.3 is 25.0 Å². The Labute approximate surface area is 189 Å². The lowest BCUT2D eigenvalue weighted by Crippen LogP contribution is -2.45. The number of hydrogen-bond donors (Lipinski definition) is 2. The summed E-state index contributed by atoms with van der Waals surface area (Å²) in [5.41, 5.74) is 0. The number of nitrogens with zero attached hydrogens (tertiary/aromatic N) is 2. The van der Waals surface area contributed by atoms with Crippen molar-refractivity contribution in [2.75, 3.05) is 66.2 Å². The third-order valence-corrected chi connectivity index (χ3v) is 5.46. The van der Waals surface area contributed by atoms with Crippen LogP contribution >= 0.6 is 24.0 Å². The average Bonchev–Trinajstić information content (AvgIpc) is 2.67. The maximum Gasteiger partial charge on any atom is 0.190 e.